The summed E-state index contributed by atoms with van der Waals surface area (Å²) in [5.41, 5.74) is 1.18. The first-order valence-electron chi connectivity index (χ1n) is 7.27. The fraction of sp³-hybridized carbons (Fsp3) is 0.533. The van der Waals surface area contributed by atoms with Gasteiger partial charge in [0.25, 0.3) is 5.91 Å². The van der Waals surface area contributed by atoms with Crippen molar-refractivity contribution in [2.24, 2.45) is 5.92 Å². The maximum absolute atomic E-state index is 11.8. The molecular formula is C15H24N4O2. The summed E-state index contributed by atoms with van der Waals surface area (Å²) in [4.78, 5) is 27.4. The molecule has 1 rings (SSSR count). The predicted octanol–water partition coefficient (Wildman–Crippen LogP) is 1.41. The number of carbonyl (C=O) groups excluding carboxylic acids is 2. The second kappa shape index (κ2) is 8.94. The Morgan fingerprint density at radius 2 is 2.00 bits per heavy atom. The van der Waals surface area contributed by atoms with E-state index in [9.17, 15) is 9.59 Å². The molecule has 0 atom stereocenters. The largest absolute Gasteiger partial charge is 0.384 e. The molecule has 0 radical (unpaired) electrons. The first-order valence-corrected chi connectivity index (χ1v) is 7.27. The summed E-state index contributed by atoms with van der Waals surface area (Å²) in [6, 6.07) is 3.44. The van der Waals surface area contributed by atoms with Crippen LogP contribution in [0.2, 0.25) is 0 Å². The Labute approximate surface area is 125 Å². The van der Waals surface area contributed by atoms with E-state index in [2.05, 4.69) is 27.9 Å². The molecule has 0 aliphatic carbocycles. The molecule has 0 aliphatic rings. The van der Waals surface area contributed by atoms with Crippen molar-refractivity contribution in [2.75, 3.05) is 25.0 Å². The number of carbonyl (C=O) groups is 2. The van der Waals surface area contributed by atoms with E-state index in [0.717, 1.165) is 18.7 Å². The zero-order chi connectivity index (χ0) is 15.7. The summed E-state index contributed by atoms with van der Waals surface area (Å²) in [6.07, 6.45) is 2.64. The third-order valence-corrected chi connectivity index (χ3v) is 2.69. The van der Waals surface area contributed by atoms with Crippen LogP contribution in [0.15, 0.2) is 18.3 Å². The van der Waals surface area contributed by atoms with Gasteiger partial charge in [0.2, 0.25) is 5.91 Å². The van der Waals surface area contributed by atoms with Gasteiger partial charge in [0, 0.05) is 13.1 Å². The molecule has 1 heterocycles. The van der Waals surface area contributed by atoms with Crippen molar-refractivity contribution >= 4 is 17.5 Å². The zero-order valence-corrected chi connectivity index (χ0v) is 12.9. The Morgan fingerprint density at radius 3 is 2.57 bits per heavy atom. The number of aromatic nitrogens is 1. The molecule has 0 saturated heterocycles. The molecule has 1 aromatic rings. The minimum atomic E-state index is -0.350. The highest BCUT2D eigenvalue weighted by Crippen LogP contribution is 2.05. The molecule has 6 heteroatoms. The van der Waals surface area contributed by atoms with Gasteiger partial charge in [-0.1, -0.05) is 20.8 Å². The highest BCUT2D eigenvalue weighted by Gasteiger charge is 2.09. The number of nitrogens with one attached hydrogen (secondary N) is 3. The first-order chi connectivity index (χ1) is 10.0. The molecular weight excluding hydrogens is 268 g/mol. The van der Waals surface area contributed by atoms with Gasteiger partial charge in [0.15, 0.2) is 0 Å². The van der Waals surface area contributed by atoms with Crippen molar-refractivity contribution in [1.29, 1.82) is 0 Å². The lowest BCUT2D eigenvalue weighted by molar-refractivity contribution is -0.120. The van der Waals surface area contributed by atoms with Gasteiger partial charge >= 0.3 is 0 Å². The van der Waals surface area contributed by atoms with Gasteiger partial charge in [-0.2, -0.15) is 0 Å². The number of anilines is 1. The van der Waals surface area contributed by atoms with Crippen molar-refractivity contribution in [1.82, 2.24) is 15.6 Å². The molecule has 2 amide bonds. The minimum Gasteiger partial charge on any atom is -0.384 e. The van der Waals surface area contributed by atoms with Crippen LogP contribution < -0.4 is 16.0 Å². The monoisotopic (exact) mass is 292 g/mol. The van der Waals surface area contributed by atoms with Crippen LogP contribution in [0.25, 0.3) is 0 Å². The summed E-state index contributed by atoms with van der Waals surface area (Å²) in [6.45, 7) is 7.53. The number of hydrogen-bond donors (Lipinski definition) is 3. The van der Waals surface area contributed by atoms with Gasteiger partial charge in [-0.25, -0.2) is 4.98 Å². The highest BCUT2D eigenvalue weighted by molar-refractivity contribution is 5.95. The summed E-state index contributed by atoms with van der Waals surface area (Å²) in [5.74, 6) is -0.162. The fourth-order valence-electron chi connectivity index (χ4n) is 1.53. The van der Waals surface area contributed by atoms with Crippen LogP contribution in [-0.4, -0.2) is 36.4 Å². The van der Waals surface area contributed by atoms with Crippen LogP contribution in [0, 0.1) is 5.92 Å². The SMILES string of the molecule is CCCNc1ccc(C(=O)NCC(=O)NCC(C)C)nc1. The molecule has 0 aromatic carbocycles. The number of amides is 2. The lowest BCUT2D eigenvalue weighted by Gasteiger charge is -2.09. The van der Waals surface area contributed by atoms with E-state index in [-0.39, 0.29) is 18.4 Å². The Bertz CT molecular complexity index is 457. The highest BCUT2D eigenvalue weighted by atomic mass is 16.2. The Morgan fingerprint density at radius 1 is 1.24 bits per heavy atom. The van der Waals surface area contributed by atoms with Gasteiger partial charge in [0.05, 0.1) is 18.4 Å². The van der Waals surface area contributed by atoms with E-state index in [4.69, 9.17) is 0 Å². The van der Waals surface area contributed by atoms with Crippen molar-refractivity contribution in [3.8, 4) is 0 Å². The van der Waals surface area contributed by atoms with E-state index in [0.29, 0.717) is 18.2 Å². The lowest BCUT2D eigenvalue weighted by atomic mass is 10.2. The Hall–Kier alpha value is -2.11. The number of nitrogens with zero attached hydrogens (tertiary/aromatic N) is 1. The molecule has 116 valence electrons. The predicted molar refractivity (Wildman–Crippen MR) is 83.2 cm³/mol. The van der Waals surface area contributed by atoms with Crippen LogP contribution in [0.3, 0.4) is 0 Å². The van der Waals surface area contributed by atoms with Gasteiger partial charge in [-0.15, -0.1) is 0 Å². The minimum absolute atomic E-state index is 0.0386. The molecule has 1 aromatic heterocycles. The lowest BCUT2D eigenvalue weighted by Crippen LogP contribution is -2.38. The first kappa shape index (κ1) is 16.9. The molecule has 0 aliphatic heterocycles. The average molecular weight is 292 g/mol. The van der Waals surface area contributed by atoms with Crippen LogP contribution in [0.4, 0.5) is 5.69 Å². The van der Waals surface area contributed by atoms with E-state index in [1.165, 1.54) is 0 Å². The summed E-state index contributed by atoms with van der Waals surface area (Å²) in [7, 11) is 0. The molecule has 0 fully saturated rings. The Kier molecular flexibility index (Phi) is 7.21. The molecule has 3 N–H and O–H groups in total. The van der Waals surface area contributed by atoms with Gasteiger partial charge in [0.1, 0.15) is 5.69 Å². The Balaban J connectivity index is 2.39. The molecule has 21 heavy (non-hydrogen) atoms. The third-order valence-electron chi connectivity index (χ3n) is 2.69. The molecule has 0 bridgehead atoms. The normalized spacial score (nSPS) is 10.3. The molecule has 0 unspecified atom stereocenters. The van der Waals surface area contributed by atoms with Crippen molar-refractivity contribution < 1.29 is 9.59 Å². The standard InChI is InChI=1S/C15H24N4O2/c1-4-7-16-12-5-6-13(17-9-12)15(21)19-10-14(20)18-8-11(2)3/h5-6,9,11,16H,4,7-8,10H2,1-3H3,(H,18,20)(H,19,21). The van der Waals surface area contributed by atoms with Gasteiger partial charge in [-0.05, 0) is 24.5 Å². The van der Waals surface area contributed by atoms with Crippen molar-refractivity contribution in [3.05, 3.63) is 24.0 Å². The topological polar surface area (TPSA) is 83.1 Å². The summed E-state index contributed by atoms with van der Waals surface area (Å²) < 4.78 is 0. The summed E-state index contributed by atoms with van der Waals surface area (Å²) >= 11 is 0. The van der Waals surface area contributed by atoms with E-state index in [1.807, 2.05) is 13.8 Å². The second-order valence-electron chi connectivity index (χ2n) is 5.24. The molecule has 0 saturated carbocycles. The maximum atomic E-state index is 11.8. The van der Waals surface area contributed by atoms with Crippen molar-refractivity contribution in [2.45, 2.75) is 27.2 Å². The van der Waals surface area contributed by atoms with Crippen LogP contribution >= 0.6 is 0 Å². The smallest absolute Gasteiger partial charge is 0.270 e. The van der Waals surface area contributed by atoms with Crippen LogP contribution in [0.1, 0.15) is 37.7 Å². The average Bonchev–Trinajstić information content (AvgIpc) is 2.49. The molecule has 6 nitrogen and oxygen atoms in total. The van der Waals surface area contributed by atoms with E-state index >= 15 is 0 Å². The number of hydrogen-bond acceptors (Lipinski definition) is 4. The number of pyridine rings is 1. The van der Waals surface area contributed by atoms with E-state index < -0.39 is 0 Å². The second-order valence-corrected chi connectivity index (χ2v) is 5.24. The zero-order valence-electron chi connectivity index (χ0n) is 12.9. The van der Waals surface area contributed by atoms with Gasteiger partial charge in [-0.3, -0.25) is 9.59 Å². The van der Waals surface area contributed by atoms with E-state index in [1.54, 1.807) is 18.3 Å². The van der Waals surface area contributed by atoms with Crippen molar-refractivity contribution in [3.63, 3.8) is 0 Å². The fourth-order valence-corrected chi connectivity index (χ4v) is 1.53. The third kappa shape index (κ3) is 6.74. The molecule has 0 spiro atoms. The quantitative estimate of drug-likeness (QED) is 0.676. The maximum Gasteiger partial charge on any atom is 0.270 e. The van der Waals surface area contributed by atoms with Gasteiger partial charge < -0.3 is 16.0 Å². The van der Waals surface area contributed by atoms with Crippen LogP contribution in [-0.2, 0) is 4.79 Å². The summed E-state index contributed by atoms with van der Waals surface area (Å²) in [5, 5.41) is 8.47. The van der Waals surface area contributed by atoms with Crippen LogP contribution in [0.5, 0.6) is 0 Å². The number of rotatable bonds is 8.